The Morgan fingerprint density at radius 3 is 2.75 bits per heavy atom. The van der Waals surface area contributed by atoms with Crippen molar-refractivity contribution < 1.29 is 14.6 Å². The molecule has 0 bridgehead atoms. The Morgan fingerprint density at radius 2 is 2.15 bits per heavy atom. The molecular formula is C14H17Cl2NO3. The number of rotatable bonds is 5. The Hall–Kier alpha value is -0.970. The maximum atomic E-state index is 11.9. The van der Waals surface area contributed by atoms with Gasteiger partial charge in [0, 0.05) is 18.6 Å². The van der Waals surface area contributed by atoms with Crippen molar-refractivity contribution in [2.24, 2.45) is 5.92 Å². The quantitative estimate of drug-likeness (QED) is 0.908. The van der Waals surface area contributed by atoms with Crippen molar-refractivity contribution in [1.82, 2.24) is 4.90 Å². The Kier molecular flexibility index (Phi) is 5.13. The molecule has 0 unspecified atom stereocenters. The van der Waals surface area contributed by atoms with Crippen LogP contribution in [0, 0.1) is 5.92 Å². The van der Waals surface area contributed by atoms with Crippen LogP contribution in [0.4, 0.5) is 0 Å². The van der Waals surface area contributed by atoms with Gasteiger partial charge in [0.2, 0.25) is 0 Å². The van der Waals surface area contributed by atoms with Crippen LogP contribution in [0.1, 0.15) is 12.8 Å². The van der Waals surface area contributed by atoms with Gasteiger partial charge in [-0.1, -0.05) is 23.2 Å². The average molecular weight is 318 g/mol. The van der Waals surface area contributed by atoms with Crippen LogP contribution in [0.15, 0.2) is 18.2 Å². The van der Waals surface area contributed by atoms with E-state index in [1.54, 1.807) is 30.1 Å². The van der Waals surface area contributed by atoms with E-state index in [1.165, 1.54) is 0 Å². The lowest BCUT2D eigenvalue weighted by atomic mass is 9.82. The fraction of sp³-hybridized carbons (Fsp3) is 0.500. The van der Waals surface area contributed by atoms with Crippen molar-refractivity contribution in [3.63, 3.8) is 0 Å². The summed E-state index contributed by atoms with van der Waals surface area (Å²) in [6.07, 6.45) is 1.33. The van der Waals surface area contributed by atoms with Crippen LogP contribution in [0.25, 0.3) is 0 Å². The highest BCUT2D eigenvalue weighted by Crippen LogP contribution is 2.28. The third-order valence-corrected chi connectivity index (χ3v) is 3.94. The molecule has 20 heavy (non-hydrogen) atoms. The third kappa shape index (κ3) is 4.01. The molecule has 1 fully saturated rings. The van der Waals surface area contributed by atoms with Gasteiger partial charge in [0.1, 0.15) is 5.75 Å². The van der Waals surface area contributed by atoms with Crippen LogP contribution in [-0.2, 0) is 4.79 Å². The smallest absolute Gasteiger partial charge is 0.260 e. The highest BCUT2D eigenvalue weighted by molar-refractivity contribution is 6.35. The van der Waals surface area contributed by atoms with Crippen molar-refractivity contribution in [3.05, 3.63) is 28.2 Å². The summed E-state index contributed by atoms with van der Waals surface area (Å²) in [5.41, 5.74) is 0. The van der Waals surface area contributed by atoms with E-state index in [4.69, 9.17) is 27.9 Å². The van der Waals surface area contributed by atoms with Crippen LogP contribution in [0.5, 0.6) is 5.75 Å². The summed E-state index contributed by atoms with van der Waals surface area (Å²) >= 11 is 11.7. The fourth-order valence-corrected chi connectivity index (χ4v) is 2.64. The first-order chi connectivity index (χ1) is 9.45. The summed E-state index contributed by atoms with van der Waals surface area (Å²) in [7, 11) is 1.74. The van der Waals surface area contributed by atoms with E-state index in [0.29, 0.717) is 28.3 Å². The minimum atomic E-state index is -0.201. The first-order valence-electron chi connectivity index (χ1n) is 6.45. The number of benzene rings is 1. The normalized spacial score (nSPS) is 21.2. The van der Waals surface area contributed by atoms with Gasteiger partial charge in [-0.15, -0.1) is 0 Å². The molecule has 1 saturated carbocycles. The number of carbonyl (C=O) groups is 1. The van der Waals surface area contributed by atoms with E-state index in [1.807, 2.05) is 0 Å². The molecule has 2 rings (SSSR count). The van der Waals surface area contributed by atoms with Gasteiger partial charge in [0.05, 0.1) is 11.1 Å². The second-order valence-electron chi connectivity index (χ2n) is 5.13. The highest BCUT2D eigenvalue weighted by Gasteiger charge is 2.29. The van der Waals surface area contributed by atoms with Gasteiger partial charge in [0.15, 0.2) is 6.61 Å². The Morgan fingerprint density at radius 1 is 1.45 bits per heavy atom. The van der Waals surface area contributed by atoms with Crippen LogP contribution in [-0.4, -0.2) is 42.2 Å². The molecule has 1 aliphatic rings. The average Bonchev–Trinajstić information content (AvgIpc) is 2.35. The molecule has 110 valence electrons. The minimum absolute atomic E-state index is 0.0624. The molecule has 0 aliphatic heterocycles. The van der Waals surface area contributed by atoms with Gasteiger partial charge >= 0.3 is 0 Å². The van der Waals surface area contributed by atoms with Crippen LogP contribution < -0.4 is 4.74 Å². The van der Waals surface area contributed by atoms with Gasteiger partial charge in [-0.3, -0.25) is 4.79 Å². The largest absolute Gasteiger partial charge is 0.482 e. The standard InChI is InChI=1S/C14H17Cl2NO3/c1-17(7-9-4-11(18)5-9)14(19)8-20-13-3-2-10(15)6-12(13)16/h2-3,6,9,11,18H,4-5,7-8H2,1H3. The van der Waals surface area contributed by atoms with E-state index in [-0.39, 0.29) is 18.6 Å². The molecule has 1 aromatic carbocycles. The lowest BCUT2D eigenvalue weighted by Gasteiger charge is -2.34. The van der Waals surface area contributed by atoms with E-state index in [9.17, 15) is 9.90 Å². The number of halogens is 2. The molecule has 6 heteroatoms. The van der Waals surface area contributed by atoms with E-state index >= 15 is 0 Å². The minimum Gasteiger partial charge on any atom is -0.482 e. The molecular weight excluding hydrogens is 301 g/mol. The van der Waals surface area contributed by atoms with Crippen molar-refractivity contribution in [2.75, 3.05) is 20.2 Å². The molecule has 0 spiro atoms. The molecule has 1 aliphatic carbocycles. The summed E-state index contributed by atoms with van der Waals surface area (Å²) in [6.45, 7) is 0.584. The molecule has 0 heterocycles. The van der Waals surface area contributed by atoms with Crippen molar-refractivity contribution in [2.45, 2.75) is 18.9 Å². The van der Waals surface area contributed by atoms with Crippen molar-refractivity contribution >= 4 is 29.1 Å². The van der Waals surface area contributed by atoms with Gasteiger partial charge in [0.25, 0.3) is 5.91 Å². The van der Waals surface area contributed by atoms with E-state index in [2.05, 4.69) is 0 Å². The SMILES string of the molecule is CN(CC1CC(O)C1)C(=O)COc1ccc(Cl)cc1Cl. The summed E-state index contributed by atoms with van der Waals surface area (Å²) < 4.78 is 5.40. The maximum absolute atomic E-state index is 11.9. The summed E-state index contributed by atoms with van der Waals surface area (Å²) in [4.78, 5) is 13.5. The zero-order valence-corrected chi connectivity index (χ0v) is 12.7. The first-order valence-corrected chi connectivity index (χ1v) is 7.21. The number of carbonyl (C=O) groups excluding carboxylic acids is 1. The number of likely N-dealkylation sites (N-methyl/N-ethyl adjacent to an activating group) is 1. The Labute approximate surface area is 128 Å². The first kappa shape index (κ1) is 15.4. The topological polar surface area (TPSA) is 49.8 Å². The number of amides is 1. The molecule has 1 aromatic rings. The number of ether oxygens (including phenoxy) is 1. The number of aliphatic hydroxyl groups is 1. The van der Waals surface area contributed by atoms with E-state index < -0.39 is 0 Å². The zero-order chi connectivity index (χ0) is 14.7. The predicted molar refractivity (Wildman–Crippen MR) is 78.3 cm³/mol. The molecule has 0 radical (unpaired) electrons. The molecule has 1 N–H and O–H groups in total. The predicted octanol–water partition coefficient (Wildman–Crippen LogP) is 2.60. The third-order valence-electron chi connectivity index (χ3n) is 3.41. The van der Waals surface area contributed by atoms with Gasteiger partial charge in [-0.05, 0) is 37.0 Å². The number of hydrogen-bond donors (Lipinski definition) is 1. The fourth-order valence-electron chi connectivity index (χ4n) is 2.18. The summed E-state index contributed by atoms with van der Waals surface area (Å²) in [5.74, 6) is 0.715. The second kappa shape index (κ2) is 6.66. The van der Waals surface area contributed by atoms with Gasteiger partial charge in [-0.2, -0.15) is 0 Å². The summed E-state index contributed by atoms with van der Waals surface area (Å²) in [6, 6.07) is 4.87. The number of hydrogen-bond acceptors (Lipinski definition) is 3. The Bertz CT molecular complexity index is 489. The monoisotopic (exact) mass is 317 g/mol. The van der Waals surface area contributed by atoms with Gasteiger partial charge in [-0.25, -0.2) is 0 Å². The molecule has 4 nitrogen and oxygen atoms in total. The van der Waals surface area contributed by atoms with Gasteiger partial charge < -0.3 is 14.7 Å². The van der Waals surface area contributed by atoms with E-state index in [0.717, 1.165) is 12.8 Å². The number of aliphatic hydroxyl groups excluding tert-OH is 1. The summed E-state index contributed by atoms with van der Waals surface area (Å²) in [5, 5.41) is 10.1. The van der Waals surface area contributed by atoms with Crippen molar-refractivity contribution in [1.29, 1.82) is 0 Å². The van der Waals surface area contributed by atoms with Crippen LogP contribution in [0.3, 0.4) is 0 Å². The lowest BCUT2D eigenvalue weighted by molar-refractivity contribution is -0.133. The molecule has 1 amide bonds. The maximum Gasteiger partial charge on any atom is 0.260 e. The van der Waals surface area contributed by atoms with Crippen molar-refractivity contribution in [3.8, 4) is 5.75 Å². The van der Waals surface area contributed by atoms with Crippen LogP contribution in [0.2, 0.25) is 10.0 Å². The highest BCUT2D eigenvalue weighted by atomic mass is 35.5. The zero-order valence-electron chi connectivity index (χ0n) is 11.2. The Balaban J connectivity index is 1.79. The molecule has 0 saturated heterocycles. The second-order valence-corrected chi connectivity index (χ2v) is 5.97. The number of nitrogens with zero attached hydrogens (tertiary/aromatic N) is 1. The lowest BCUT2D eigenvalue weighted by Crippen LogP contribution is -2.41. The molecule has 0 atom stereocenters. The molecule has 0 aromatic heterocycles. The van der Waals surface area contributed by atoms with Crippen LogP contribution >= 0.6 is 23.2 Å².